The van der Waals surface area contributed by atoms with Gasteiger partial charge in [0.25, 0.3) is 0 Å². The van der Waals surface area contributed by atoms with Crippen molar-refractivity contribution in [3.05, 3.63) is 29.1 Å². The first-order valence-electron chi connectivity index (χ1n) is 5.95. The van der Waals surface area contributed by atoms with Gasteiger partial charge in [-0.1, -0.05) is 0 Å². The first-order valence-corrected chi connectivity index (χ1v) is 5.95. The van der Waals surface area contributed by atoms with Crippen molar-refractivity contribution in [2.45, 2.75) is 26.9 Å². The van der Waals surface area contributed by atoms with Crippen LogP contribution in [0.2, 0.25) is 0 Å². The lowest BCUT2D eigenvalue weighted by molar-refractivity contribution is 0.199. The second kappa shape index (κ2) is 5.83. The smallest absolute Gasteiger partial charge is 0.126 e. The molecule has 0 bridgehead atoms. The standard InChI is InChI=1S/C14H19FN2O/c1-9(7-16)8-17(4)14-5-10(2)13(15)6-12(14)11(3)18/h5-6,9,11,18H,8H2,1-4H3/t9?,11-/m0/s1. The Kier molecular flexibility index (Phi) is 4.69. The lowest BCUT2D eigenvalue weighted by Crippen LogP contribution is -2.25. The Hall–Kier alpha value is -1.60. The molecule has 0 saturated heterocycles. The summed E-state index contributed by atoms with van der Waals surface area (Å²) in [5.41, 5.74) is 1.85. The largest absolute Gasteiger partial charge is 0.389 e. The molecule has 1 rings (SSSR count). The minimum Gasteiger partial charge on any atom is -0.389 e. The van der Waals surface area contributed by atoms with Crippen LogP contribution in [0.15, 0.2) is 12.1 Å². The molecule has 0 spiro atoms. The van der Waals surface area contributed by atoms with E-state index in [4.69, 9.17) is 5.26 Å². The SMILES string of the molecule is Cc1cc(N(C)CC(C)C#N)c([C@H](C)O)cc1F. The Labute approximate surface area is 107 Å². The van der Waals surface area contributed by atoms with Crippen molar-refractivity contribution in [3.63, 3.8) is 0 Å². The van der Waals surface area contributed by atoms with Crippen LogP contribution in [0, 0.1) is 30.0 Å². The molecule has 18 heavy (non-hydrogen) atoms. The number of hydrogen-bond donors (Lipinski definition) is 1. The molecule has 2 atom stereocenters. The number of halogens is 1. The summed E-state index contributed by atoms with van der Waals surface area (Å²) in [6.45, 7) is 5.66. The van der Waals surface area contributed by atoms with Crippen molar-refractivity contribution in [3.8, 4) is 6.07 Å². The Balaban J connectivity index is 3.14. The Bertz CT molecular complexity index is 466. The van der Waals surface area contributed by atoms with E-state index in [0.717, 1.165) is 5.69 Å². The highest BCUT2D eigenvalue weighted by Crippen LogP contribution is 2.29. The minimum absolute atomic E-state index is 0.123. The molecule has 4 heteroatoms. The molecule has 0 aliphatic rings. The summed E-state index contributed by atoms with van der Waals surface area (Å²) >= 11 is 0. The average Bonchev–Trinajstić information content (AvgIpc) is 2.31. The van der Waals surface area contributed by atoms with Crippen molar-refractivity contribution >= 4 is 5.69 Å². The Morgan fingerprint density at radius 1 is 1.44 bits per heavy atom. The molecule has 98 valence electrons. The highest BCUT2D eigenvalue weighted by Gasteiger charge is 2.16. The number of aliphatic hydroxyl groups excluding tert-OH is 1. The van der Waals surface area contributed by atoms with Crippen LogP contribution in [0.5, 0.6) is 0 Å². The number of aryl methyl sites for hydroxylation is 1. The summed E-state index contributed by atoms with van der Waals surface area (Å²) in [5.74, 6) is -0.446. The van der Waals surface area contributed by atoms with E-state index >= 15 is 0 Å². The van der Waals surface area contributed by atoms with Gasteiger partial charge in [-0.3, -0.25) is 0 Å². The molecule has 0 aromatic heterocycles. The second-order valence-corrected chi connectivity index (χ2v) is 4.75. The summed E-state index contributed by atoms with van der Waals surface area (Å²) in [6.07, 6.45) is -0.741. The number of benzene rings is 1. The topological polar surface area (TPSA) is 47.3 Å². The lowest BCUT2D eigenvalue weighted by Gasteiger charge is -2.25. The summed E-state index contributed by atoms with van der Waals surface area (Å²) in [4.78, 5) is 1.88. The monoisotopic (exact) mass is 250 g/mol. The van der Waals surface area contributed by atoms with Gasteiger partial charge >= 0.3 is 0 Å². The van der Waals surface area contributed by atoms with Gasteiger partial charge in [0.05, 0.1) is 18.1 Å². The molecule has 0 heterocycles. The van der Waals surface area contributed by atoms with Crippen molar-refractivity contribution in [2.75, 3.05) is 18.5 Å². The van der Waals surface area contributed by atoms with Crippen molar-refractivity contribution < 1.29 is 9.50 Å². The molecule has 3 nitrogen and oxygen atoms in total. The van der Waals surface area contributed by atoms with E-state index in [1.807, 2.05) is 18.9 Å². The first kappa shape index (κ1) is 14.5. The zero-order valence-electron chi connectivity index (χ0n) is 11.2. The van der Waals surface area contributed by atoms with Gasteiger partial charge in [0.15, 0.2) is 0 Å². The Morgan fingerprint density at radius 3 is 2.56 bits per heavy atom. The third kappa shape index (κ3) is 3.21. The summed E-state index contributed by atoms with van der Waals surface area (Å²) in [6, 6.07) is 5.24. The highest BCUT2D eigenvalue weighted by atomic mass is 19.1. The van der Waals surface area contributed by atoms with Gasteiger partial charge in [-0.2, -0.15) is 5.26 Å². The number of anilines is 1. The maximum absolute atomic E-state index is 13.5. The molecule has 0 amide bonds. The maximum Gasteiger partial charge on any atom is 0.126 e. The van der Waals surface area contributed by atoms with E-state index in [9.17, 15) is 9.50 Å². The van der Waals surface area contributed by atoms with Crippen LogP contribution in [-0.4, -0.2) is 18.7 Å². The van der Waals surface area contributed by atoms with Gasteiger partial charge in [-0.15, -0.1) is 0 Å². The fourth-order valence-corrected chi connectivity index (χ4v) is 1.90. The van der Waals surface area contributed by atoms with Gasteiger partial charge < -0.3 is 10.0 Å². The van der Waals surface area contributed by atoms with E-state index < -0.39 is 6.10 Å². The molecular weight excluding hydrogens is 231 g/mol. The Morgan fingerprint density at radius 2 is 2.06 bits per heavy atom. The van der Waals surface area contributed by atoms with Crippen molar-refractivity contribution in [2.24, 2.45) is 5.92 Å². The van der Waals surface area contributed by atoms with Gasteiger partial charge in [0.1, 0.15) is 5.82 Å². The summed E-state index contributed by atoms with van der Waals surface area (Å²) < 4.78 is 13.5. The van der Waals surface area contributed by atoms with Crippen LogP contribution in [0.4, 0.5) is 10.1 Å². The van der Waals surface area contributed by atoms with E-state index in [0.29, 0.717) is 17.7 Å². The average molecular weight is 250 g/mol. The van der Waals surface area contributed by atoms with Crippen molar-refractivity contribution in [1.82, 2.24) is 0 Å². The normalized spacial score (nSPS) is 13.8. The summed E-state index contributed by atoms with van der Waals surface area (Å²) in [5, 5.41) is 18.5. The van der Waals surface area contributed by atoms with Gasteiger partial charge in [0, 0.05) is 24.8 Å². The van der Waals surface area contributed by atoms with Crippen LogP contribution >= 0.6 is 0 Å². The fourth-order valence-electron chi connectivity index (χ4n) is 1.90. The summed E-state index contributed by atoms with van der Waals surface area (Å²) in [7, 11) is 1.84. The molecule has 0 aliphatic carbocycles. The molecule has 0 radical (unpaired) electrons. The zero-order chi connectivity index (χ0) is 13.9. The number of hydrogen-bond acceptors (Lipinski definition) is 3. The molecule has 0 fully saturated rings. The molecule has 0 saturated carbocycles. The van der Waals surface area contributed by atoms with Crippen molar-refractivity contribution in [1.29, 1.82) is 5.26 Å². The third-order valence-electron chi connectivity index (χ3n) is 2.94. The van der Waals surface area contributed by atoms with Gasteiger partial charge in [-0.25, -0.2) is 4.39 Å². The fraction of sp³-hybridized carbons (Fsp3) is 0.500. The highest BCUT2D eigenvalue weighted by molar-refractivity contribution is 5.56. The van der Waals surface area contributed by atoms with E-state index in [-0.39, 0.29) is 11.7 Å². The molecule has 1 unspecified atom stereocenters. The van der Waals surface area contributed by atoms with E-state index in [1.54, 1.807) is 19.9 Å². The number of aliphatic hydroxyl groups is 1. The van der Waals surface area contributed by atoms with Crippen LogP contribution in [-0.2, 0) is 0 Å². The van der Waals surface area contributed by atoms with Gasteiger partial charge in [-0.05, 0) is 38.5 Å². The molecule has 1 N–H and O–H groups in total. The van der Waals surface area contributed by atoms with Crippen LogP contribution in [0.1, 0.15) is 31.1 Å². The number of nitrogens with zero attached hydrogens (tertiary/aromatic N) is 2. The van der Waals surface area contributed by atoms with Gasteiger partial charge in [0.2, 0.25) is 0 Å². The lowest BCUT2D eigenvalue weighted by atomic mass is 10.0. The molecule has 0 aliphatic heterocycles. The maximum atomic E-state index is 13.5. The second-order valence-electron chi connectivity index (χ2n) is 4.75. The number of nitriles is 1. The molecular formula is C14H19FN2O. The third-order valence-corrected chi connectivity index (χ3v) is 2.94. The molecule has 1 aromatic rings. The quantitative estimate of drug-likeness (QED) is 0.893. The minimum atomic E-state index is -0.741. The van der Waals surface area contributed by atoms with Crippen LogP contribution < -0.4 is 4.90 Å². The predicted octanol–water partition coefficient (Wildman–Crippen LogP) is 2.78. The predicted molar refractivity (Wildman–Crippen MR) is 69.8 cm³/mol. The zero-order valence-corrected chi connectivity index (χ0v) is 11.2. The molecule has 1 aromatic carbocycles. The van der Waals surface area contributed by atoms with Crippen LogP contribution in [0.25, 0.3) is 0 Å². The number of rotatable bonds is 4. The first-order chi connectivity index (χ1) is 8.36. The van der Waals surface area contributed by atoms with Crippen LogP contribution in [0.3, 0.4) is 0 Å². The van der Waals surface area contributed by atoms with E-state index in [2.05, 4.69) is 6.07 Å². The van der Waals surface area contributed by atoms with E-state index in [1.165, 1.54) is 6.07 Å².